The Morgan fingerprint density at radius 2 is 1.78 bits per heavy atom. The summed E-state index contributed by atoms with van der Waals surface area (Å²) in [5, 5.41) is 6.08. The van der Waals surface area contributed by atoms with Crippen LogP contribution in [0.15, 0.2) is 85.1 Å². The van der Waals surface area contributed by atoms with Crippen molar-refractivity contribution in [3.8, 4) is 17.1 Å². The molecule has 0 saturated heterocycles. The van der Waals surface area contributed by atoms with Gasteiger partial charge in [-0.25, -0.2) is 14.4 Å². The van der Waals surface area contributed by atoms with Crippen molar-refractivity contribution in [1.29, 1.82) is 0 Å². The van der Waals surface area contributed by atoms with Crippen LogP contribution in [-0.4, -0.2) is 23.0 Å². The summed E-state index contributed by atoms with van der Waals surface area (Å²) in [5.41, 5.74) is 2.89. The molecule has 0 aliphatic carbocycles. The monoisotopic (exact) mass is 428 g/mol. The second kappa shape index (κ2) is 9.70. The molecule has 4 aromatic rings. The first-order chi connectivity index (χ1) is 15.6. The molecule has 1 aromatic heterocycles. The number of carbonyl (C=O) groups excluding carboxylic acids is 1. The molecule has 0 bridgehead atoms. The van der Waals surface area contributed by atoms with Crippen molar-refractivity contribution in [3.63, 3.8) is 0 Å². The summed E-state index contributed by atoms with van der Waals surface area (Å²) in [6.45, 7) is 0.423. The zero-order valence-electron chi connectivity index (χ0n) is 17.4. The molecule has 32 heavy (non-hydrogen) atoms. The molecule has 4 rings (SSSR count). The van der Waals surface area contributed by atoms with Gasteiger partial charge < -0.3 is 15.4 Å². The Morgan fingerprint density at radius 3 is 2.50 bits per heavy atom. The van der Waals surface area contributed by atoms with Crippen LogP contribution in [0.4, 0.5) is 15.9 Å². The van der Waals surface area contributed by atoms with Gasteiger partial charge in [-0.2, -0.15) is 0 Å². The first-order valence-corrected chi connectivity index (χ1v) is 9.98. The van der Waals surface area contributed by atoms with Gasteiger partial charge in [0.25, 0.3) is 5.91 Å². The summed E-state index contributed by atoms with van der Waals surface area (Å²) in [6.07, 6.45) is 1.61. The normalized spacial score (nSPS) is 10.4. The van der Waals surface area contributed by atoms with Crippen LogP contribution in [0.25, 0.3) is 11.4 Å². The van der Waals surface area contributed by atoms with E-state index in [9.17, 15) is 9.18 Å². The molecule has 3 aromatic carbocycles. The zero-order valence-corrected chi connectivity index (χ0v) is 17.4. The van der Waals surface area contributed by atoms with Crippen LogP contribution in [0.1, 0.15) is 15.9 Å². The zero-order chi connectivity index (χ0) is 22.3. The molecule has 160 valence electrons. The third-order valence-electron chi connectivity index (χ3n) is 4.77. The van der Waals surface area contributed by atoms with Gasteiger partial charge in [-0.3, -0.25) is 4.79 Å². The van der Waals surface area contributed by atoms with Crippen LogP contribution in [-0.2, 0) is 6.54 Å². The summed E-state index contributed by atoms with van der Waals surface area (Å²) >= 11 is 0. The average Bonchev–Trinajstić information content (AvgIpc) is 2.83. The van der Waals surface area contributed by atoms with Crippen LogP contribution >= 0.6 is 0 Å². The molecule has 0 fully saturated rings. The average molecular weight is 428 g/mol. The molecule has 0 radical (unpaired) electrons. The first kappa shape index (κ1) is 21.0. The molecule has 6 nitrogen and oxygen atoms in total. The van der Waals surface area contributed by atoms with E-state index in [0.29, 0.717) is 29.3 Å². The van der Waals surface area contributed by atoms with Gasteiger partial charge in [0.05, 0.1) is 7.11 Å². The number of nitrogens with one attached hydrogen (secondary N) is 2. The number of aromatic nitrogens is 2. The number of carbonyl (C=O) groups is 1. The Bertz CT molecular complexity index is 1210. The van der Waals surface area contributed by atoms with Crippen LogP contribution in [0, 0.1) is 5.82 Å². The van der Waals surface area contributed by atoms with E-state index in [4.69, 9.17) is 4.74 Å². The maximum Gasteiger partial charge on any atom is 0.251 e. The topological polar surface area (TPSA) is 76.1 Å². The highest BCUT2D eigenvalue weighted by Crippen LogP contribution is 2.20. The third-order valence-corrected chi connectivity index (χ3v) is 4.77. The number of anilines is 2. The number of halogens is 1. The smallest absolute Gasteiger partial charge is 0.251 e. The van der Waals surface area contributed by atoms with Gasteiger partial charge in [-0.15, -0.1) is 0 Å². The van der Waals surface area contributed by atoms with Gasteiger partial charge in [0.2, 0.25) is 0 Å². The van der Waals surface area contributed by atoms with E-state index in [2.05, 4.69) is 20.6 Å². The lowest BCUT2D eigenvalue weighted by molar-refractivity contribution is 0.0951. The molecule has 0 unspecified atom stereocenters. The molecule has 0 spiro atoms. The predicted octanol–water partition coefficient (Wildman–Crippen LogP) is 4.96. The largest absolute Gasteiger partial charge is 0.497 e. The lowest BCUT2D eigenvalue weighted by atomic mass is 10.1. The van der Waals surface area contributed by atoms with Crippen LogP contribution < -0.4 is 15.4 Å². The number of ether oxygens (including phenoxy) is 1. The SMILES string of the molecule is COc1ccc(CNC(=O)c2ccc(Nc3ccnc(-c4cccc(F)c4)n3)cc2)cc1. The number of hydrogen-bond donors (Lipinski definition) is 2. The van der Waals surface area contributed by atoms with Crippen molar-refractivity contribution in [2.24, 2.45) is 0 Å². The maximum atomic E-state index is 13.5. The van der Waals surface area contributed by atoms with E-state index < -0.39 is 0 Å². The van der Waals surface area contributed by atoms with E-state index in [1.54, 1.807) is 55.8 Å². The van der Waals surface area contributed by atoms with Crippen molar-refractivity contribution in [3.05, 3.63) is 102 Å². The van der Waals surface area contributed by atoms with E-state index in [1.165, 1.54) is 12.1 Å². The minimum atomic E-state index is -0.342. The fourth-order valence-corrected chi connectivity index (χ4v) is 3.08. The lowest BCUT2D eigenvalue weighted by Gasteiger charge is -2.09. The molecule has 0 saturated carbocycles. The number of methoxy groups -OCH3 is 1. The summed E-state index contributed by atoms with van der Waals surface area (Å²) in [5.74, 6) is 1.25. The molecular formula is C25H21FN4O2. The molecule has 0 aliphatic heterocycles. The lowest BCUT2D eigenvalue weighted by Crippen LogP contribution is -2.22. The molecule has 1 heterocycles. The Morgan fingerprint density at radius 1 is 1.00 bits per heavy atom. The molecule has 0 aliphatic rings. The van der Waals surface area contributed by atoms with Gasteiger partial charge >= 0.3 is 0 Å². The van der Waals surface area contributed by atoms with Gasteiger partial charge in [0.15, 0.2) is 5.82 Å². The number of nitrogens with zero attached hydrogens (tertiary/aromatic N) is 2. The van der Waals surface area contributed by atoms with Crippen molar-refractivity contribution in [1.82, 2.24) is 15.3 Å². The second-order valence-corrected chi connectivity index (χ2v) is 7.01. The number of hydrogen-bond acceptors (Lipinski definition) is 5. The minimum Gasteiger partial charge on any atom is -0.497 e. The summed E-state index contributed by atoms with van der Waals surface area (Å²) in [7, 11) is 1.61. The molecule has 7 heteroatoms. The van der Waals surface area contributed by atoms with Gasteiger partial charge in [0.1, 0.15) is 17.4 Å². The summed E-state index contributed by atoms with van der Waals surface area (Å²) in [6, 6.07) is 22.5. The number of rotatable bonds is 7. The predicted molar refractivity (Wildman–Crippen MR) is 121 cm³/mol. The Kier molecular flexibility index (Phi) is 6.36. The van der Waals surface area contributed by atoms with Gasteiger partial charge in [-0.05, 0) is 60.2 Å². The molecule has 0 atom stereocenters. The van der Waals surface area contributed by atoms with Gasteiger partial charge in [-0.1, -0.05) is 24.3 Å². The minimum absolute atomic E-state index is 0.164. The van der Waals surface area contributed by atoms with E-state index in [1.807, 2.05) is 24.3 Å². The summed E-state index contributed by atoms with van der Waals surface area (Å²) < 4.78 is 18.6. The van der Waals surface area contributed by atoms with E-state index >= 15 is 0 Å². The van der Waals surface area contributed by atoms with Crippen molar-refractivity contribution in [2.45, 2.75) is 6.54 Å². The number of benzene rings is 3. The standard InChI is InChI=1S/C25H21FN4O2/c1-32-22-11-5-17(6-12-22)16-28-25(31)18-7-9-21(10-8-18)29-23-13-14-27-24(30-23)19-3-2-4-20(26)15-19/h2-15H,16H2,1H3,(H,28,31)(H,27,29,30). The van der Waals surface area contributed by atoms with Crippen LogP contribution in [0.3, 0.4) is 0 Å². The Labute approximate surface area is 185 Å². The molecule has 2 N–H and O–H groups in total. The fourth-order valence-electron chi connectivity index (χ4n) is 3.08. The van der Waals surface area contributed by atoms with E-state index in [-0.39, 0.29) is 11.7 Å². The molecular weight excluding hydrogens is 407 g/mol. The third kappa shape index (κ3) is 5.26. The van der Waals surface area contributed by atoms with Crippen LogP contribution in [0.5, 0.6) is 5.75 Å². The Hall–Kier alpha value is -4.26. The van der Waals surface area contributed by atoms with Gasteiger partial charge in [0, 0.05) is 29.6 Å². The fraction of sp³-hybridized carbons (Fsp3) is 0.0800. The van der Waals surface area contributed by atoms with Crippen LogP contribution in [0.2, 0.25) is 0 Å². The number of amides is 1. The van der Waals surface area contributed by atoms with Crippen molar-refractivity contribution >= 4 is 17.4 Å². The maximum absolute atomic E-state index is 13.5. The quantitative estimate of drug-likeness (QED) is 0.435. The summed E-state index contributed by atoms with van der Waals surface area (Å²) in [4.78, 5) is 21.1. The highest BCUT2D eigenvalue weighted by molar-refractivity contribution is 5.94. The van der Waals surface area contributed by atoms with E-state index in [0.717, 1.165) is 17.0 Å². The Balaban J connectivity index is 1.38. The second-order valence-electron chi connectivity index (χ2n) is 7.01. The van der Waals surface area contributed by atoms with Crippen molar-refractivity contribution < 1.29 is 13.9 Å². The highest BCUT2D eigenvalue weighted by atomic mass is 19.1. The first-order valence-electron chi connectivity index (χ1n) is 9.98. The highest BCUT2D eigenvalue weighted by Gasteiger charge is 2.07. The molecule has 1 amide bonds. The van der Waals surface area contributed by atoms with Crippen molar-refractivity contribution in [2.75, 3.05) is 12.4 Å².